The first kappa shape index (κ1) is 26.9. The monoisotopic (exact) mass is 534 g/mol. The molecule has 0 aromatic heterocycles. The van der Waals surface area contributed by atoms with Crippen LogP contribution in [0.5, 0.6) is 5.75 Å². The maximum absolute atomic E-state index is 12.9. The molecule has 0 aliphatic carbocycles. The van der Waals surface area contributed by atoms with Gasteiger partial charge in [0.05, 0.1) is 22.8 Å². The van der Waals surface area contributed by atoms with E-state index in [1.54, 1.807) is 24.3 Å². The number of anilines is 2. The smallest absolute Gasteiger partial charge is 0.340 e. The highest BCUT2D eigenvalue weighted by Crippen LogP contribution is 2.46. The summed E-state index contributed by atoms with van der Waals surface area (Å²) in [6.07, 6.45) is 1.49. The van der Waals surface area contributed by atoms with Crippen LogP contribution in [-0.2, 0) is 25.0 Å². The van der Waals surface area contributed by atoms with E-state index < -0.39 is 28.0 Å². The fourth-order valence-electron chi connectivity index (χ4n) is 4.50. The molecule has 0 spiro atoms. The number of allylic oxidation sites excluding steroid dienone is 1. The van der Waals surface area contributed by atoms with Crippen LogP contribution >= 0.6 is 0 Å². The molecule has 0 saturated carbocycles. The van der Waals surface area contributed by atoms with Crippen molar-refractivity contribution in [3.8, 4) is 5.75 Å². The van der Waals surface area contributed by atoms with Crippen molar-refractivity contribution in [1.82, 2.24) is 0 Å². The van der Waals surface area contributed by atoms with E-state index in [0.717, 1.165) is 16.9 Å². The van der Waals surface area contributed by atoms with Gasteiger partial charge in [-0.2, -0.15) is 0 Å². The van der Waals surface area contributed by atoms with Crippen molar-refractivity contribution < 1.29 is 27.5 Å². The number of ether oxygens (including phenoxy) is 2. The zero-order chi connectivity index (χ0) is 27.5. The second kappa shape index (κ2) is 10.7. The highest BCUT2D eigenvalue weighted by molar-refractivity contribution is 7.92. The summed E-state index contributed by atoms with van der Waals surface area (Å²) in [6, 6.07) is 19.9. The van der Waals surface area contributed by atoms with Crippen molar-refractivity contribution in [2.45, 2.75) is 31.1 Å². The molecule has 0 saturated heterocycles. The second-order valence-corrected chi connectivity index (χ2v) is 11.0. The zero-order valence-electron chi connectivity index (χ0n) is 21.7. The normalized spacial score (nSPS) is 15.2. The van der Waals surface area contributed by atoms with Gasteiger partial charge in [-0.1, -0.05) is 44.2 Å². The molecule has 1 aliphatic rings. The van der Waals surface area contributed by atoms with Crippen molar-refractivity contribution in [2.75, 3.05) is 29.9 Å². The number of hydrogen-bond acceptors (Lipinski definition) is 7. The third-order valence-corrected chi connectivity index (χ3v) is 7.80. The van der Waals surface area contributed by atoms with Gasteiger partial charge in [0.2, 0.25) is 0 Å². The summed E-state index contributed by atoms with van der Waals surface area (Å²) in [5.74, 6) is -0.649. The summed E-state index contributed by atoms with van der Waals surface area (Å²) in [7, 11) is -2.09. The lowest BCUT2D eigenvalue weighted by Crippen LogP contribution is -2.25. The van der Waals surface area contributed by atoms with E-state index in [1.807, 2.05) is 57.0 Å². The Bertz CT molecular complexity index is 1490. The molecular weight excluding hydrogens is 504 g/mol. The number of para-hydroxylation sites is 2. The van der Waals surface area contributed by atoms with Crippen LogP contribution in [0.1, 0.15) is 36.7 Å². The van der Waals surface area contributed by atoms with E-state index in [0.29, 0.717) is 12.4 Å². The summed E-state index contributed by atoms with van der Waals surface area (Å²) >= 11 is 0. The van der Waals surface area contributed by atoms with Gasteiger partial charge in [-0.05, 0) is 55.0 Å². The number of benzene rings is 3. The fraction of sp³-hybridized carbons (Fsp3) is 0.241. The Morgan fingerprint density at radius 3 is 2.32 bits per heavy atom. The van der Waals surface area contributed by atoms with E-state index in [9.17, 15) is 18.0 Å². The number of carbonyl (C=O) groups is 2. The van der Waals surface area contributed by atoms with Crippen LogP contribution in [0.3, 0.4) is 0 Å². The highest BCUT2D eigenvalue weighted by atomic mass is 32.2. The molecule has 4 rings (SSSR count). The van der Waals surface area contributed by atoms with Crippen LogP contribution in [0.4, 0.5) is 11.4 Å². The lowest BCUT2D eigenvalue weighted by Gasteiger charge is -2.23. The Labute approximate surface area is 222 Å². The van der Waals surface area contributed by atoms with Gasteiger partial charge < -0.3 is 14.4 Å². The van der Waals surface area contributed by atoms with E-state index in [-0.39, 0.29) is 21.9 Å². The number of likely N-dealkylation sites (N-methyl/N-ethyl adjacent to an activating group) is 1. The van der Waals surface area contributed by atoms with Gasteiger partial charge in [-0.25, -0.2) is 13.2 Å². The van der Waals surface area contributed by atoms with Crippen LogP contribution in [0.2, 0.25) is 0 Å². The first-order valence-corrected chi connectivity index (χ1v) is 13.6. The standard InChI is InChI=1S/C29H30N2O6S/c1-5-36-21-14-16-22(17-15-21)38(34,35)30-25-12-8-6-10-23(25)28(33)37-19-20(32)18-27-29(2,3)24-11-7-9-13-26(24)31(27)4/h6-18,30H,5,19H2,1-4H3. The zero-order valence-corrected chi connectivity index (χ0v) is 22.5. The Morgan fingerprint density at radius 1 is 0.974 bits per heavy atom. The number of fused-ring (bicyclic) bond motifs is 1. The van der Waals surface area contributed by atoms with Crippen LogP contribution in [0, 0.1) is 0 Å². The number of ketones is 1. The summed E-state index contributed by atoms with van der Waals surface area (Å²) in [4.78, 5) is 27.6. The predicted molar refractivity (Wildman–Crippen MR) is 146 cm³/mol. The number of nitrogens with one attached hydrogen (secondary N) is 1. The molecule has 38 heavy (non-hydrogen) atoms. The molecule has 0 bridgehead atoms. The lowest BCUT2D eigenvalue weighted by molar-refractivity contribution is -0.117. The minimum atomic E-state index is -3.99. The summed E-state index contributed by atoms with van der Waals surface area (Å²) in [5, 5.41) is 0. The molecule has 3 aromatic rings. The molecule has 9 heteroatoms. The molecule has 1 aliphatic heterocycles. The molecule has 0 atom stereocenters. The van der Waals surface area contributed by atoms with Crippen molar-refractivity contribution in [1.29, 1.82) is 0 Å². The van der Waals surface area contributed by atoms with Gasteiger partial charge in [0, 0.05) is 29.9 Å². The summed E-state index contributed by atoms with van der Waals surface area (Å²) < 4.78 is 38.9. The number of carbonyl (C=O) groups excluding carboxylic acids is 2. The van der Waals surface area contributed by atoms with Crippen molar-refractivity contribution >= 4 is 33.2 Å². The maximum atomic E-state index is 12.9. The molecule has 198 valence electrons. The number of esters is 1. The average Bonchev–Trinajstić information content (AvgIpc) is 3.08. The largest absolute Gasteiger partial charge is 0.494 e. The molecule has 0 amide bonds. The van der Waals surface area contributed by atoms with Crippen LogP contribution in [0.15, 0.2) is 89.5 Å². The van der Waals surface area contributed by atoms with Gasteiger partial charge in [0.1, 0.15) is 5.75 Å². The second-order valence-electron chi connectivity index (χ2n) is 9.33. The molecule has 3 aromatic carbocycles. The molecule has 8 nitrogen and oxygen atoms in total. The SMILES string of the molecule is CCOc1ccc(S(=O)(=O)Nc2ccccc2C(=O)OCC(=O)C=C2N(C)c3ccccc3C2(C)C)cc1. The highest BCUT2D eigenvalue weighted by Gasteiger charge is 2.38. The number of hydrogen-bond donors (Lipinski definition) is 1. The average molecular weight is 535 g/mol. The van der Waals surface area contributed by atoms with Crippen molar-refractivity contribution in [3.63, 3.8) is 0 Å². The summed E-state index contributed by atoms with van der Waals surface area (Å²) in [5.41, 5.74) is 2.56. The fourth-order valence-corrected chi connectivity index (χ4v) is 5.58. The molecule has 0 unspecified atom stereocenters. The summed E-state index contributed by atoms with van der Waals surface area (Å²) in [6.45, 7) is 5.88. The third kappa shape index (κ3) is 5.43. The number of rotatable bonds is 9. The third-order valence-electron chi connectivity index (χ3n) is 6.42. The maximum Gasteiger partial charge on any atom is 0.340 e. The lowest BCUT2D eigenvalue weighted by atomic mass is 9.83. The van der Waals surface area contributed by atoms with E-state index in [4.69, 9.17) is 9.47 Å². The predicted octanol–water partition coefficient (Wildman–Crippen LogP) is 4.92. The molecule has 0 fully saturated rings. The van der Waals surface area contributed by atoms with Crippen LogP contribution < -0.4 is 14.4 Å². The van der Waals surface area contributed by atoms with Gasteiger partial charge >= 0.3 is 5.97 Å². The topological polar surface area (TPSA) is 102 Å². The Kier molecular flexibility index (Phi) is 7.59. The van der Waals surface area contributed by atoms with Crippen LogP contribution in [-0.4, -0.2) is 40.4 Å². The van der Waals surface area contributed by atoms with Gasteiger partial charge in [-0.15, -0.1) is 0 Å². The first-order valence-electron chi connectivity index (χ1n) is 12.1. The molecule has 1 heterocycles. The van der Waals surface area contributed by atoms with E-state index in [2.05, 4.69) is 4.72 Å². The molecule has 1 N–H and O–H groups in total. The van der Waals surface area contributed by atoms with E-state index in [1.165, 1.54) is 30.3 Å². The Morgan fingerprint density at radius 2 is 1.63 bits per heavy atom. The van der Waals surface area contributed by atoms with E-state index >= 15 is 0 Å². The Hall–Kier alpha value is -4.11. The van der Waals surface area contributed by atoms with Gasteiger partial charge in [-0.3, -0.25) is 9.52 Å². The number of sulfonamides is 1. The van der Waals surface area contributed by atoms with Crippen molar-refractivity contribution in [2.24, 2.45) is 0 Å². The van der Waals surface area contributed by atoms with Crippen LogP contribution in [0.25, 0.3) is 0 Å². The molecule has 0 radical (unpaired) electrons. The first-order chi connectivity index (χ1) is 18.0. The number of nitrogens with zero attached hydrogens (tertiary/aromatic N) is 1. The van der Waals surface area contributed by atoms with Crippen molar-refractivity contribution in [3.05, 3.63) is 95.7 Å². The minimum absolute atomic E-state index is 0.00631. The minimum Gasteiger partial charge on any atom is -0.494 e. The van der Waals surface area contributed by atoms with Gasteiger partial charge in [0.25, 0.3) is 10.0 Å². The Balaban J connectivity index is 1.46. The quantitative estimate of drug-likeness (QED) is 0.307. The molecular formula is C29H30N2O6S. The van der Waals surface area contributed by atoms with Gasteiger partial charge in [0.15, 0.2) is 12.4 Å².